The van der Waals surface area contributed by atoms with Crippen molar-refractivity contribution >= 4 is 5.91 Å². The average molecular weight is 478 g/mol. The summed E-state index contributed by atoms with van der Waals surface area (Å²) in [4.78, 5) is 28.8. The second-order valence-electron chi connectivity index (χ2n) is 11.2. The van der Waals surface area contributed by atoms with Crippen LogP contribution in [0.1, 0.15) is 71.2 Å². The molecular weight excluding hydrogens is 438 g/mol. The molecule has 2 saturated heterocycles. The molecule has 2 unspecified atom stereocenters. The van der Waals surface area contributed by atoms with Gasteiger partial charge in [0.2, 0.25) is 0 Å². The third-order valence-electron chi connectivity index (χ3n) is 8.78. The molecule has 3 aliphatic rings. The van der Waals surface area contributed by atoms with Gasteiger partial charge in [-0.25, -0.2) is 9.97 Å². The third kappa shape index (κ3) is 4.39. The number of likely N-dealkylation sites (tertiary alicyclic amines) is 1. The van der Waals surface area contributed by atoms with Gasteiger partial charge in [-0.1, -0.05) is 23.8 Å². The SMILES string of the molecule is Cc1ccc2c(c1)CC(O)C2N1CCN(C2(C)CCN(C(=O)c3c(C)ncnc3C)CC2)C[C@@H]1C. The lowest BCUT2D eigenvalue weighted by Gasteiger charge is -2.53. The molecule has 188 valence electrons. The molecule has 7 heteroatoms. The summed E-state index contributed by atoms with van der Waals surface area (Å²) in [5, 5.41) is 10.9. The number of carbonyl (C=O) groups is 1. The molecule has 35 heavy (non-hydrogen) atoms. The monoisotopic (exact) mass is 477 g/mol. The van der Waals surface area contributed by atoms with Crippen LogP contribution in [0.2, 0.25) is 0 Å². The molecule has 0 bridgehead atoms. The van der Waals surface area contributed by atoms with Crippen molar-refractivity contribution < 1.29 is 9.90 Å². The molecule has 0 radical (unpaired) electrons. The Morgan fingerprint density at radius 1 is 1.06 bits per heavy atom. The number of nitrogens with zero attached hydrogens (tertiary/aromatic N) is 5. The average Bonchev–Trinajstić information content (AvgIpc) is 3.13. The van der Waals surface area contributed by atoms with Gasteiger partial charge in [0.05, 0.1) is 29.1 Å². The topological polar surface area (TPSA) is 72.8 Å². The molecule has 1 N–H and O–H groups in total. The minimum absolute atomic E-state index is 0.0601. The maximum atomic E-state index is 13.2. The van der Waals surface area contributed by atoms with Crippen molar-refractivity contribution in [3.8, 4) is 0 Å². The van der Waals surface area contributed by atoms with Crippen LogP contribution in [-0.2, 0) is 6.42 Å². The molecule has 3 heterocycles. The van der Waals surface area contributed by atoms with Crippen LogP contribution < -0.4 is 0 Å². The molecule has 2 aromatic rings. The highest BCUT2D eigenvalue weighted by Gasteiger charge is 2.44. The largest absolute Gasteiger partial charge is 0.391 e. The first-order valence-electron chi connectivity index (χ1n) is 13.0. The number of piperidine rings is 1. The van der Waals surface area contributed by atoms with Crippen molar-refractivity contribution in [2.45, 2.75) is 77.6 Å². The van der Waals surface area contributed by atoms with Crippen molar-refractivity contribution in [3.05, 3.63) is 58.2 Å². The van der Waals surface area contributed by atoms with Crippen molar-refractivity contribution in [1.82, 2.24) is 24.7 Å². The summed E-state index contributed by atoms with van der Waals surface area (Å²) < 4.78 is 0. The van der Waals surface area contributed by atoms with E-state index >= 15 is 0 Å². The van der Waals surface area contributed by atoms with E-state index in [1.54, 1.807) is 0 Å². The Balaban J connectivity index is 1.23. The van der Waals surface area contributed by atoms with Gasteiger partial charge < -0.3 is 10.0 Å². The number of carbonyl (C=O) groups excluding carboxylic acids is 1. The number of aliphatic hydroxyl groups excluding tert-OH is 1. The van der Waals surface area contributed by atoms with Crippen molar-refractivity contribution in [3.63, 3.8) is 0 Å². The summed E-state index contributed by atoms with van der Waals surface area (Å²) in [6.07, 6.45) is 3.87. The Kier molecular flexibility index (Phi) is 6.45. The van der Waals surface area contributed by atoms with E-state index in [1.807, 2.05) is 18.7 Å². The van der Waals surface area contributed by atoms with Crippen LogP contribution in [0.25, 0.3) is 0 Å². The molecule has 5 rings (SSSR count). The maximum absolute atomic E-state index is 13.2. The van der Waals surface area contributed by atoms with Crippen LogP contribution in [0.3, 0.4) is 0 Å². The minimum Gasteiger partial charge on any atom is -0.391 e. The van der Waals surface area contributed by atoms with Gasteiger partial charge >= 0.3 is 0 Å². The van der Waals surface area contributed by atoms with Gasteiger partial charge in [0.15, 0.2) is 0 Å². The smallest absolute Gasteiger partial charge is 0.257 e. The van der Waals surface area contributed by atoms with Gasteiger partial charge in [-0.2, -0.15) is 0 Å². The molecule has 1 aliphatic carbocycles. The fraction of sp³-hybridized carbons (Fsp3) is 0.607. The summed E-state index contributed by atoms with van der Waals surface area (Å²) in [5.74, 6) is 0.0601. The molecule has 3 atom stereocenters. The highest BCUT2D eigenvalue weighted by molar-refractivity contribution is 5.96. The summed E-state index contributed by atoms with van der Waals surface area (Å²) in [7, 11) is 0. The van der Waals surface area contributed by atoms with E-state index < -0.39 is 0 Å². The zero-order valence-electron chi connectivity index (χ0n) is 21.8. The van der Waals surface area contributed by atoms with Crippen LogP contribution in [0.4, 0.5) is 0 Å². The molecule has 1 amide bonds. The number of piperazine rings is 1. The number of amides is 1. The van der Waals surface area contributed by atoms with Crippen molar-refractivity contribution in [2.75, 3.05) is 32.7 Å². The predicted octanol–water partition coefficient (Wildman–Crippen LogP) is 3.06. The number of aryl methyl sites for hydroxylation is 3. The second-order valence-corrected chi connectivity index (χ2v) is 11.2. The lowest BCUT2D eigenvalue weighted by Crippen LogP contribution is -2.62. The van der Waals surface area contributed by atoms with E-state index in [4.69, 9.17) is 0 Å². The number of aliphatic hydroxyl groups is 1. The zero-order chi connectivity index (χ0) is 24.9. The quantitative estimate of drug-likeness (QED) is 0.733. The Labute approximate surface area is 209 Å². The van der Waals surface area contributed by atoms with Crippen LogP contribution in [0.15, 0.2) is 24.5 Å². The van der Waals surface area contributed by atoms with Crippen molar-refractivity contribution in [2.24, 2.45) is 0 Å². The molecule has 7 nitrogen and oxygen atoms in total. The normalized spacial score (nSPS) is 27.1. The van der Waals surface area contributed by atoms with E-state index in [9.17, 15) is 9.90 Å². The van der Waals surface area contributed by atoms with Crippen LogP contribution in [-0.4, -0.2) is 86.1 Å². The highest BCUT2D eigenvalue weighted by atomic mass is 16.3. The zero-order valence-corrected chi connectivity index (χ0v) is 21.8. The number of fused-ring (bicyclic) bond motifs is 1. The molecular formula is C28H39N5O2. The van der Waals surface area contributed by atoms with Gasteiger partial charge in [-0.3, -0.25) is 14.6 Å². The Bertz CT molecular complexity index is 1090. The Morgan fingerprint density at radius 2 is 1.74 bits per heavy atom. The van der Waals surface area contributed by atoms with Gasteiger partial charge in [-0.05, 0) is 58.6 Å². The Morgan fingerprint density at radius 3 is 2.40 bits per heavy atom. The summed E-state index contributed by atoms with van der Waals surface area (Å²) in [5.41, 5.74) is 6.12. The lowest BCUT2D eigenvalue weighted by molar-refractivity contribution is -0.0486. The van der Waals surface area contributed by atoms with Gasteiger partial charge in [0, 0.05) is 50.7 Å². The molecule has 0 saturated carbocycles. The van der Waals surface area contributed by atoms with E-state index in [1.165, 1.54) is 23.0 Å². The van der Waals surface area contributed by atoms with Gasteiger partial charge in [-0.15, -0.1) is 0 Å². The first-order chi connectivity index (χ1) is 16.7. The minimum atomic E-state index is -0.334. The maximum Gasteiger partial charge on any atom is 0.257 e. The fourth-order valence-corrected chi connectivity index (χ4v) is 6.59. The summed E-state index contributed by atoms with van der Waals surface area (Å²) >= 11 is 0. The van der Waals surface area contributed by atoms with Gasteiger partial charge in [0.1, 0.15) is 6.33 Å². The Hall–Kier alpha value is -2.35. The lowest BCUT2D eigenvalue weighted by atomic mass is 9.86. The van der Waals surface area contributed by atoms with E-state index in [-0.39, 0.29) is 23.6 Å². The predicted molar refractivity (Wildman–Crippen MR) is 136 cm³/mol. The number of hydrogen-bond donors (Lipinski definition) is 1. The van der Waals surface area contributed by atoms with Crippen LogP contribution >= 0.6 is 0 Å². The molecule has 1 aromatic carbocycles. The van der Waals surface area contributed by atoms with E-state index in [0.29, 0.717) is 11.6 Å². The first kappa shape index (κ1) is 24.3. The summed E-state index contributed by atoms with van der Waals surface area (Å²) in [6.45, 7) is 15.0. The number of hydrogen-bond acceptors (Lipinski definition) is 6. The summed E-state index contributed by atoms with van der Waals surface area (Å²) in [6, 6.07) is 7.08. The van der Waals surface area contributed by atoms with Crippen LogP contribution in [0, 0.1) is 20.8 Å². The molecule has 1 aromatic heterocycles. The first-order valence-corrected chi connectivity index (χ1v) is 13.0. The molecule has 2 aliphatic heterocycles. The molecule has 2 fully saturated rings. The second kappa shape index (κ2) is 9.26. The van der Waals surface area contributed by atoms with Gasteiger partial charge in [0.25, 0.3) is 5.91 Å². The van der Waals surface area contributed by atoms with E-state index in [2.05, 4.69) is 58.7 Å². The number of aromatic nitrogens is 2. The number of benzene rings is 1. The van der Waals surface area contributed by atoms with Crippen molar-refractivity contribution in [1.29, 1.82) is 0 Å². The van der Waals surface area contributed by atoms with E-state index in [0.717, 1.165) is 63.4 Å². The standard InChI is InChI=1S/C28H39N5O2/c1-18-6-7-23-22(14-18)15-24(34)26(23)33-13-12-32(16-19(33)2)28(5)8-10-31(11-9-28)27(35)25-20(3)29-17-30-21(25)4/h6-7,14,17,19,24,26,34H,8-13,15-16H2,1-5H3/t19-,24?,26?/m0/s1. The van der Waals surface area contributed by atoms with Crippen LogP contribution in [0.5, 0.6) is 0 Å². The number of rotatable bonds is 3. The fourth-order valence-electron chi connectivity index (χ4n) is 6.59. The third-order valence-corrected chi connectivity index (χ3v) is 8.78. The highest BCUT2D eigenvalue weighted by Crippen LogP contribution is 2.40. The molecule has 0 spiro atoms.